The number of rotatable bonds is 14. The first-order valence-corrected chi connectivity index (χ1v) is 20.9. The van der Waals surface area contributed by atoms with Crippen LogP contribution >= 0.6 is 0 Å². The van der Waals surface area contributed by atoms with Gasteiger partial charge in [-0.1, -0.05) is 149 Å². The normalized spacial score (nSPS) is 25.5. The molecule has 2 aliphatic rings. The zero-order chi connectivity index (χ0) is 35.7. The van der Waals surface area contributed by atoms with E-state index in [-0.39, 0.29) is 29.5 Å². The van der Waals surface area contributed by atoms with Gasteiger partial charge in [-0.15, -0.1) is 0 Å². The average Bonchev–Trinajstić information content (AvgIpc) is 3.27. The van der Waals surface area contributed by atoms with E-state index in [0.717, 1.165) is 37.7 Å². The third-order valence-corrected chi connectivity index (χ3v) is 16.1. The van der Waals surface area contributed by atoms with Crippen molar-refractivity contribution >= 4 is 18.7 Å². The highest BCUT2D eigenvalue weighted by Crippen LogP contribution is 2.43. The summed E-state index contributed by atoms with van der Waals surface area (Å²) in [6, 6.07) is 42.6. The van der Waals surface area contributed by atoms with Gasteiger partial charge in [0.05, 0.1) is 43.7 Å². The third-order valence-electron chi connectivity index (χ3n) is 11.1. The summed E-state index contributed by atoms with van der Waals surface area (Å²) < 4.78 is 34.2. The van der Waals surface area contributed by atoms with Crippen molar-refractivity contribution in [1.29, 1.82) is 0 Å². The van der Waals surface area contributed by atoms with E-state index in [0.29, 0.717) is 32.3 Å². The van der Waals surface area contributed by atoms with Gasteiger partial charge in [-0.05, 0) is 71.5 Å². The molecule has 5 nitrogen and oxygen atoms in total. The Morgan fingerprint density at radius 1 is 0.745 bits per heavy atom. The molecule has 4 aromatic rings. The zero-order valence-corrected chi connectivity index (χ0v) is 32.3. The maximum absolute atomic E-state index is 7.23. The van der Waals surface area contributed by atoms with Crippen molar-refractivity contribution < 1.29 is 23.4 Å². The van der Waals surface area contributed by atoms with E-state index in [1.54, 1.807) is 0 Å². The standard InChI is InChI=1S/C45H58O5Si/c1-35-31-43-45(5,29-28-41(47-33-37-21-12-7-13-22-37)42(49-43)34-46-32-36-19-10-6-11-20-36)50-40(35)27-18-30-48-51(44(2,3)4,38-23-14-8-15-24-38)39-25-16-9-17-26-39/h6-17,19-26,35,40-43H,18,27-34H2,1-5H3/t35-,40-,41-,42+,43-,45+/m0/s1. The zero-order valence-electron chi connectivity index (χ0n) is 31.3. The van der Waals surface area contributed by atoms with Gasteiger partial charge in [0.15, 0.2) is 0 Å². The molecule has 0 spiro atoms. The van der Waals surface area contributed by atoms with Crippen molar-refractivity contribution in [2.45, 2.75) is 115 Å². The van der Waals surface area contributed by atoms with Crippen LogP contribution in [-0.4, -0.2) is 51.5 Å². The minimum Gasteiger partial charge on any atom is -0.407 e. The van der Waals surface area contributed by atoms with Gasteiger partial charge < -0.3 is 23.4 Å². The largest absolute Gasteiger partial charge is 0.407 e. The number of hydrogen-bond acceptors (Lipinski definition) is 5. The summed E-state index contributed by atoms with van der Waals surface area (Å²) in [5, 5.41) is 2.61. The Morgan fingerprint density at radius 2 is 1.29 bits per heavy atom. The molecule has 0 aromatic heterocycles. The van der Waals surface area contributed by atoms with Crippen molar-refractivity contribution in [2.75, 3.05) is 13.2 Å². The lowest BCUT2D eigenvalue weighted by Crippen LogP contribution is -2.66. The third kappa shape index (κ3) is 9.10. The van der Waals surface area contributed by atoms with Crippen molar-refractivity contribution in [2.24, 2.45) is 5.92 Å². The minimum absolute atomic E-state index is 0.0206. The van der Waals surface area contributed by atoms with Crippen LogP contribution in [-0.2, 0) is 36.6 Å². The van der Waals surface area contributed by atoms with Crippen LogP contribution in [0.3, 0.4) is 0 Å². The van der Waals surface area contributed by atoms with Crippen molar-refractivity contribution in [3.8, 4) is 0 Å². The van der Waals surface area contributed by atoms with Gasteiger partial charge >= 0.3 is 0 Å². The van der Waals surface area contributed by atoms with Gasteiger partial charge in [-0.3, -0.25) is 0 Å². The molecule has 0 saturated carbocycles. The molecule has 0 bridgehead atoms. The Labute approximate surface area is 307 Å². The first-order chi connectivity index (χ1) is 24.7. The fourth-order valence-corrected chi connectivity index (χ4v) is 12.8. The van der Waals surface area contributed by atoms with Crippen LogP contribution in [0.2, 0.25) is 5.04 Å². The summed E-state index contributed by atoms with van der Waals surface area (Å²) in [4.78, 5) is 0. The van der Waals surface area contributed by atoms with Crippen LogP contribution in [0.25, 0.3) is 0 Å². The molecular formula is C45H58O5Si. The topological polar surface area (TPSA) is 46.2 Å². The molecule has 0 N–H and O–H groups in total. The first-order valence-electron chi connectivity index (χ1n) is 19.0. The molecule has 0 radical (unpaired) electrons. The highest BCUT2D eigenvalue weighted by molar-refractivity contribution is 6.99. The lowest BCUT2D eigenvalue weighted by molar-refractivity contribution is -0.231. The predicted molar refractivity (Wildman–Crippen MR) is 209 cm³/mol. The van der Waals surface area contributed by atoms with E-state index >= 15 is 0 Å². The minimum atomic E-state index is -2.57. The Hall–Kier alpha value is -3.10. The molecule has 2 aliphatic heterocycles. The Kier molecular flexibility index (Phi) is 12.7. The molecule has 0 amide bonds. The molecule has 0 unspecified atom stereocenters. The van der Waals surface area contributed by atoms with Gasteiger partial charge in [0, 0.05) is 6.61 Å². The quantitative estimate of drug-likeness (QED) is 0.0969. The monoisotopic (exact) mass is 706 g/mol. The number of ether oxygens (including phenoxy) is 4. The van der Waals surface area contributed by atoms with Gasteiger partial charge in [-0.25, -0.2) is 0 Å². The molecular weight excluding hydrogens is 649 g/mol. The van der Waals surface area contributed by atoms with Crippen molar-refractivity contribution in [3.05, 3.63) is 132 Å². The second-order valence-corrected chi connectivity index (χ2v) is 20.2. The molecule has 6 heteroatoms. The molecule has 6 atom stereocenters. The van der Waals surface area contributed by atoms with E-state index in [9.17, 15) is 0 Å². The fraction of sp³-hybridized carbons (Fsp3) is 0.467. The van der Waals surface area contributed by atoms with Crippen LogP contribution in [0.15, 0.2) is 121 Å². The highest BCUT2D eigenvalue weighted by atomic mass is 28.4. The first kappa shape index (κ1) is 37.6. The summed E-state index contributed by atoms with van der Waals surface area (Å²) in [6.45, 7) is 13.9. The fourth-order valence-electron chi connectivity index (χ4n) is 8.21. The second-order valence-electron chi connectivity index (χ2n) is 15.9. The molecule has 51 heavy (non-hydrogen) atoms. The second kappa shape index (κ2) is 17.1. The number of benzene rings is 4. The molecule has 4 aromatic carbocycles. The van der Waals surface area contributed by atoms with Gasteiger partial charge in [0.25, 0.3) is 8.32 Å². The van der Waals surface area contributed by atoms with E-state index in [1.807, 2.05) is 12.1 Å². The highest BCUT2D eigenvalue weighted by Gasteiger charge is 2.51. The Bertz CT molecular complexity index is 1560. The van der Waals surface area contributed by atoms with Gasteiger partial charge in [0.2, 0.25) is 0 Å². The SMILES string of the molecule is C[C@H]1C[C@@H]2O[C@H](COCc3ccccc3)[C@@H](OCc3ccccc3)CC[C@@]2(C)O[C@H]1CCCO[Si](c1ccccc1)(c1ccccc1)C(C)(C)C. The molecule has 6 rings (SSSR count). The van der Waals surface area contributed by atoms with Crippen molar-refractivity contribution in [3.63, 3.8) is 0 Å². The Morgan fingerprint density at radius 3 is 1.86 bits per heavy atom. The predicted octanol–water partition coefficient (Wildman–Crippen LogP) is 8.88. The lowest BCUT2D eigenvalue weighted by Gasteiger charge is -2.47. The smallest absolute Gasteiger partial charge is 0.261 e. The van der Waals surface area contributed by atoms with E-state index in [4.69, 9.17) is 23.4 Å². The van der Waals surface area contributed by atoms with Crippen LogP contribution in [0.1, 0.15) is 77.8 Å². The van der Waals surface area contributed by atoms with Crippen LogP contribution in [0.4, 0.5) is 0 Å². The van der Waals surface area contributed by atoms with E-state index < -0.39 is 13.9 Å². The van der Waals surface area contributed by atoms with Crippen LogP contribution in [0.5, 0.6) is 0 Å². The maximum Gasteiger partial charge on any atom is 0.261 e. The Balaban J connectivity index is 1.12. The number of hydrogen-bond donors (Lipinski definition) is 0. The molecule has 2 fully saturated rings. The van der Waals surface area contributed by atoms with E-state index in [1.165, 1.54) is 15.9 Å². The van der Waals surface area contributed by atoms with Gasteiger partial charge in [0.1, 0.15) is 6.10 Å². The van der Waals surface area contributed by atoms with E-state index in [2.05, 4.69) is 144 Å². The summed E-state index contributed by atoms with van der Waals surface area (Å²) >= 11 is 0. The average molecular weight is 707 g/mol. The summed E-state index contributed by atoms with van der Waals surface area (Å²) in [7, 11) is -2.57. The molecule has 0 aliphatic carbocycles. The molecule has 2 saturated heterocycles. The maximum atomic E-state index is 7.23. The van der Waals surface area contributed by atoms with Crippen LogP contribution in [0, 0.1) is 5.92 Å². The van der Waals surface area contributed by atoms with Crippen LogP contribution < -0.4 is 10.4 Å². The van der Waals surface area contributed by atoms with Crippen molar-refractivity contribution in [1.82, 2.24) is 0 Å². The summed E-state index contributed by atoms with van der Waals surface area (Å²) in [6.07, 6.45) is 4.47. The van der Waals surface area contributed by atoms with Gasteiger partial charge in [-0.2, -0.15) is 0 Å². The molecule has 2 heterocycles. The summed E-state index contributed by atoms with van der Waals surface area (Å²) in [5.41, 5.74) is 1.94. The summed E-state index contributed by atoms with van der Waals surface area (Å²) in [5.74, 6) is 0.364. The lowest BCUT2D eigenvalue weighted by atomic mass is 9.80. The number of fused-ring (bicyclic) bond motifs is 1. The molecule has 272 valence electrons.